The fourth-order valence-corrected chi connectivity index (χ4v) is 3.38. The zero-order valence-corrected chi connectivity index (χ0v) is 18.3. The number of hydrogen-bond acceptors (Lipinski definition) is 4. The van der Waals surface area contributed by atoms with Crippen molar-refractivity contribution < 1.29 is 14.2 Å². The maximum absolute atomic E-state index is 9.28. The second-order valence-corrected chi connectivity index (χ2v) is 7.58. The van der Waals surface area contributed by atoms with Crippen LogP contribution in [0.5, 0.6) is 17.2 Å². The molecule has 4 aromatic rings. The molecule has 0 amide bonds. The molecule has 4 nitrogen and oxygen atoms in total. The van der Waals surface area contributed by atoms with E-state index in [1.165, 1.54) is 0 Å². The first-order chi connectivity index (χ1) is 16.3. The fourth-order valence-electron chi connectivity index (χ4n) is 3.38. The summed E-state index contributed by atoms with van der Waals surface area (Å²) in [7, 11) is 0. The lowest BCUT2D eigenvalue weighted by Crippen LogP contribution is -2.05. The Morgan fingerprint density at radius 2 is 0.909 bits per heavy atom. The quantitative estimate of drug-likeness (QED) is 0.286. The molecule has 0 unspecified atom stereocenters. The molecule has 0 radical (unpaired) electrons. The van der Waals surface area contributed by atoms with Gasteiger partial charge in [-0.2, -0.15) is 5.26 Å². The first-order valence-corrected chi connectivity index (χ1v) is 10.9. The van der Waals surface area contributed by atoms with E-state index in [1.807, 2.05) is 103 Å². The molecule has 0 saturated heterocycles. The standard InChI is InChI=1S/C29H25NO3/c30-17-16-26-18-27(31-20-23-10-4-1-5-11-23)29(33-22-25-14-8-3-9-15-25)28(19-26)32-21-24-12-6-2-7-13-24/h1-15,18-19H,16,20-22H2. The Labute approximate surface area is 194 Å². The van der Waals surface area contributed by atoms with E-state index < -0.39 is 0 Å². The number of benzene rings is 4. The molecule has 0 aliphatic carbocycles. The Bertz CT molecular complexity index is 1120. The minimum atomic E-state index is 0.252. The highest BCUT2D eigenvalue weighted by Gasteiger charge is 2.17. The molecule has 0 spiro atoms. The summed E-state index contributed by atoms with van der Waals surface area (Å²) < 4.78 is 18.6. The molecule has 33 heavy (non-hydrogen) atoms. The van der Waals surface area contributed by atoms with Gasteiger partial charge in [0, 0.05) is 0 Å². The monoisotopic (exact) mass is 435 g/mol. The Kier molecular flexibility index (Phi) is 7.60. The zero-order chi connectivity index (χ0) is 22.7. The molecule has 0 N–H and O–H groups in total. The fraction of sp³-hybridized carbons (Fsp3) is 0.138. The van der Waals surface area contributed by atoms with Gasteiger partial charge in [0.2, 0.25) is 5.75 Å². The Balaban J connectivity index is 1.64. The lowest BCUT2D eigenvalue weighted by atomic mass is 10.1. The van der Waals surface area contributed by atoms with Crippen molar-refractivity contribution in [3.8, 4) is 23.3 Å². The van der Waals surface area contributed by atoms with E-state index in [9.17, 15) is 5.26 Å². The first kappa shape index (κ1) is 22.0. The maximum Gasteiger partial charge on any atom is 0.203 e. The summed E-state index contributed by atoms with van der Waals surface area (Å²) in [6, 6.07) is 35.8. The minimum Gasteiger partial charge on any atom is -0.485 e. The lowest BCUT2D eigenvalue weighted by molar-refractivity contribution is 0.229. The van der Waals surface area contributed by atoms with Crippen LogP contribution in [0.4, 0.5) is 0 Å². The second-order valence-electron chi connectivity index (χ2n) is 7.58. The number of nitrogens with zero attached hydrogens (tertiary/aromatic N) is 1. The smallest absolute Gasteiger partial charge is 0.203 e. The molecule has 0 aliphatic rings. The van der Waals surface area contributed by atoms with Gasteiger partial charge in [-0.15, -0.1) is 0 Å². The summed E-state index contributed by atoms with van der Waals surface area (Å²) in [5.41, 5.74) is 3.95. The first-order valence-electron chi connectivity index (χ1n) is 10.9. The van der Waals surface area contributed by atoms with Crippen LogP contribution in [0.1, 0.15) is 22.3 Å². The van der Waals surface area contributed by atoms with Crippen molar-refractivity contribution >= 4 is 0 Å². The number of ether oxygens (including phenoxy) is 3. The van der Waals surface area contributed by atoms with Crippen molar-refractivity contribution in [3.63, 3.8) is 0 Å². The third kappa shape index (κ3) is 6.38. The average Bonchev–Trinajstić information content (AvgIpc) is 2.87. The van der Waals surface area contributed by atoms with Gasteiger partial charge in [-0.3, -0.25) is 0 Å². The predicted octanol–water partition coefficient (Wildman–Crippen LogP) is 6.49. The third-order valence-electron chi connectivity index (χ3n) is 5.06. The van der Waals surface area contributed by atoms with Crippen LogP contribution in [0.15, 0.2) is 103 Å². The van der Waals surface area contributed by atoms with Gasteiger partial charge in [-0.05, 0) is 34.4 Å². The zero-order valence-electron chi connectivity index (χ0n) is 18.3. The van der Waals surface area contributed by atoms with E-state index in [2.05, 4.69) is 6.07 Å². The van der Waals surface area contributed by atoms with E-state index in [0.29, 0.717) is 37.1 Å². The van der Waals surface area contributed by atoms with Crippen molar-refractivity contribution in [2.45, 2.75) is 26.2 Å². The van der Waals surface area contributed by atoms with Gasteiger partial charge >= 0.3 is 0 Å². The van der Waals surface area contributed by atoms with Gasteiger partial charge in [-0.1, -0.05) is 91.0 Å². The summed E-state index contributed by atoms with van der Waals surface area (Å²) in [5, 5.41) is 9.28. The Morgan fingerprint density at radius 1 is 0.515 bits per heavy atom. The molecule has 0 aromatic heterocycles. The maximum atomic E-state index is 9.28. The van der Waals surface area contributed by atoms with E-state index >= 15 is 0 Å². The van der Waals surface area contributed by atoms with Crippen LogP contribution < -0.4 is 14.2 Å². The van der Waals surface area contributed by atoms with E-state index in [1.54, 1.807) is 0 Å². The van der Waals surface area contributed by atoms with E-state index in [4.69, 9.17) is 14.2 Å². The summed E-state index contributed by atoms with van der Waals surface area (Å²) in [6.45, 7) is 1.15. The number of hydrogen-bond donors (Lipinski definition) is 0. The highest BCUT2D eigenvalue weighted by Crippen LogP contribution is 2.40. The van der Waals surface area contributed by atoms with Crippen LogP contribution in [0, 0.1) is 11.3 Å². The molecular weight excluding hydrogens is 410 g/mol. The average molecular weight is 436 g/mol. The molecule has 4 rings (SSSR count). The number of nitriles is 1. The van der Waals surface area contributed by atoms with Crippen LogP contribution in [0.3, 0.4) is 0 Å². The minimum absolute atomic E-state index is 0.252. The topological polar surface area (TPSA) is 51.5 Å². The van der Waals surface area contributed by atoms with E-state index in [0.717, 1.165) is 22.3 Å². The van der Waals surface area contributed by atoms with Crippen molar-refractivity contribution in [1.29, 1.82) is 5.26 Å². The predicted molar refractivity (Wildman–Crippen MR) is 128 cm³/mol. The highest BCUT2D eigenvalue weighted by atomic mass is 16.5. The van der Waals surface area contributed by atoms with Gasteiger partial charge in [0.05, 0.1) is 12.5 Å². The van der Waals surface area contributed by atoms with Crippen molar-refractivity contribution in [1.82, 2.24) is 0 Å². The van der Waals surface area contributed by atoms with Gasteiger partial charge in [0.1, 0.15) is 19.8 Å². The Morgan fingerprint density at radius 3 is 1.30 bits per heavy atom. The summed E-state index contributed by atoms with van der Waals surface area (Å²) in [6.07, 6.45) is 0.252. The Hall–Kier alpha value is -4.23. The van der Waals surface area contributed by atoms with Gasteiger partial charge < -0.3 is 14.2 Å². The second kappa shape index (κ2) is 11.4. The molecule has 0 aliphatic heterocycles. The molecule has 0 atom stereocenters. The molecule has 164 valence electrons. The molecule has 4 aromatic carbocycles. The molecule has 0 saturated carbocycles. The largest absolute Gasteiger partial charge is 0.485 e. The number of rotatable bonds is 10. The van der Waals surface area contributed by atoms with Crippen molar-refractivity contribution in [3.05, 3.63) is 125 Å². The summed E-state index contributed by atoms with van der Waals surface area (Å²) in [5.74, 6) is 1.66. The normalized spacial score (nSPS) is 10.3. The van der Waals surface area contributed by atoms with Crippen LogP contribution >= 0.6 is 0 Å². The SMILES string of the molecule is N#CCc1cc(OCc2ccccc2)c(OCc2ccccc2)c(OCc2ccccc2)c1. The van der Waals surface area contributed by atoms with Crippen LogP contribution in [0.25, 0.3) is 0 Å². The highest BCUT2D eigenvalue weighted by molar-refractivity contribution is 5.54. The molecule has 0 bridgehead atoms. The van der Waals surface area contributed by atoms with E-state index in [-0.39, 0.29) is 6.42 Å². The molecule has 0 fully saturated rings. The molecule has 0 heterocycles. The summed E-state index contributed by atoms with van der Waals surface area (Å²) in [4.78, 5) is 0. The lowest BCUT2D eigenvalue weighted by Gasteiger charge is -2.18. The van der Waals surface area contributed by atoms with Gasteiger partial charge in [0.25, 0.3) is 0 Å². The van der Waals surface area contributed by atoms with Crippen LogP contribution in [-0.4, -0.2) is 0 Å². The van der Waals surface area contributed by atoms with Crippen LogP contribution in [-0.2, 0) is 26.2 Å². The van der Waals surface area contributed by atoms with Crippen molar-refractivity contribution in [2.75, 3.05) is 0 Å². The van der Waals surface area contributed by atoms with Gasteiger partial charge in [0.15, 0.2) is 11.5 Å². The molecular formula is C29H25NO3. The third-order valence-corrected chi connectivity index (χ3v) is 5.06. The van der Waals surface area contributed by atoms with Crippen molar-refractivity contribution in [2.24, 2.45) is 0 Å². The van der Waals surface area contributed by atoms with Gasteiger partial charge in [-0.25, -0.2) is 0 Å². The van der Waals surface area contributed by atoms with Crippen LogP contribution in [0.2, 0.25) is 0 Å². The summed E-state index contributed by atoms with van der Waals surface area (Å²) >= 11 is 0. The molecule has 4 heteroatoms.